The zero-order chi connectivity index (χ0) is 14.7. The number of para-hydroxylation sites is 1. The quantitative estimate of drug-likeness (QED) is 0.774. The maximum atomic E-state index is 12.2. The number of nitrogens with one attached hydrogen (secondary N) is 1. The fourth-order valence-electron chi connectivity index (χ4n) is 2.14. The van der Waals surface area contributed by atoms with Crippen molar-refractivity contribution < 1.29 is 9.90 Å². The molecule has 4 nitrogen and oxygen atoms in total. The van der Waals surface area contributed by atoms with Crippen molar-refractivity contribution in [2.75, 3.05) is 5.32 Å². The van der Waals surface area contributed by atoms with Gasteiger partial charge in [-0.2, -0.15) is 0 Å². The first kappa shape index (κ1) is 13.3. The molecule has 0 bridgehead atoms. The highest BCUT2D eigenvalue weighted by atomic mass is 16.3. The van der Waals surface area contributed by atoms with Gasteiger partial charge in [-0.1, -0.05) is 36.4 Å². The van der Waals surface area contributed by atoms with Gasteiger partial charge in [-0.25, -0.2) is 4.98 Å². The van der Waals surface area contributed by atoms with E-state index in [9.17, 15) is 4.79 Å². The summed E-state index contributed by atoms with van der Waals surface area (Å²) in [4.78, 5) is 16.6. The average Bonchev–Trinajstić information content (AvgIpc) is 2.54. The number of rotatable bonds is 3. The fraction of sp³-hybridized carbons (Fsp3) is 0.0588. The number of aromatic nitrogens is 1. The molecule has 0 aliphatic rings. The third-order valence-electron chi connectivity index (χ3n) is 3.20. The molecule has 0 fully saturated rings. The lowest BCUT2D eigenvalue weighted by Crippen LogP contribution is -2.13. The van der Waals surface area contributed by atoms with Crippen LogP contribution in [-0.4, -0.2) is 16.0 Å². The summed E-state index contributed by atoms with van der Waals surface area (Å²) < 4.78 is 0. The number of amides is 1. The van der Waals surface area contributed by atoms with Crippen molar-refractivity contribution in [3.05, 3.63) is 71.9 Å². The number of hydrogen-bond acceptors (Lipinski definition) is 3. The molecule has 0 radical (unpaired) electrons. The van der Waals surface area contributed by atoms with Crippen LogP contribution >= 0.6 is 0 Å². The monoisotopic (exact) mass is 278 g/mol. The van der Waals surface area contributed by atoms with Crippen LogP contribution in [0.1, 0.15) is 16.1 Å². The van der Waals surface area contributed by atoms with Crippen LogP contribution in [0.15, 0.2) is 60.7 Å². The number of carbonyl (C=O) groups is 1. The molecular weight excluding hydrogens is 264 g/mol. The SMILES string of the molecule is O=C(Nc1cccc(CO)c1)c1ccc2ccccc2n1. The normalized spacial score (nSPS) is 10.5. The van der Waals surface area contributed by atoms with E-state index >= 15 is 0 Å². The Balaban J connectivity index is 1.86. The topological polar surface area (TPSA) is 62.2 Å². The molecule has 1 heterocycles. The molecule has 0 unspecified atom stereocenters. The van der Waals surface area contributed by atoms with Crippen LogP contribution in [0.2, 0.25) is 0 Å². The van der Waals surface area contributed by atoms with E-state index in [0.717, 1.165) is 16.5 Å². The lowest BCUT2D eigenvalue weighted by atomic mass is 10.2. The summed E-state index contributed by atoms with van der Waals surface area (Å²) in [7, 11) is 0. The van der Waals surface area contributed by atoms with Gasteiger partial charge in [-0.3, -0.25) is 4.79 Å². The van der Waals surface area contributed by atoms with Gasteiger partial charge in [0.15, 0.2) is 0 Å². The second-order valence-corrected chi connectivity index (χ2v) is 4.70. The van der Waals surface area contributed by atoms with Crippen molar-refractivity contribution in [1.29, 1.82) is 0 Å². The smallest absolute Gasteiger partial charge is 0.274 e. The Morgan fingerprint density at radius 1 is 1.05 bits per heavy atom. The molecule has 1 aromatic heterocycles. The van der Waals surface area contributed by atoms with Crippen LogP contribution in [0, 0.1) is 0 Å². The maximum absolute atomic E-state index is 12.2. The zero-order valence-electron chi connectivity index (χ0n) is 11.3. The molecule has 21 heavy (non-hydrogen) atoms. The van der Waals surface area contributed by atoms with Gasteiger partial charge in [0.05, 0.1) is 12.1 Å². The number of hydrogen-bond donors (Lipinski definition) is 2. The van der Waals surface area contributed by atoms with Crippen LogP contribution in [0.3, 0.4) is 0 Å². The number of benzene rings is 2. The van der Waals surface area contributed by atoms with Gasteiger partial charge in [0.1, 0.15) is 5.69 Å². The summed E-state index contributed by atoms with van der Waals surface area (Å²) in [6, 6.07) is 18.3. The van der Waals surface area contributed by atoms with E-state index in [-0.39, 0.29) is 12.5 Å². The van der Waals surface area contributed by atoms with Crippen LogP contribution in [0.25, 0.3) is 10.9 Å². The number of anilines is 1. The van der Waals surface area contributed by atoms with Crippen LogP contribution < -0.4 is 5.32 Å². The van der Waals surface area contributed by atoms with Gasteiger partial charge in [0.2, 0.25) is 0 Å². The van der Waals surface area contributed by atoms with E-state index in [0.29, 0.717) is 11.4 Å². The van der Waals surface area contributed by atoms with E-state index in [1.54, 1.807) is 30.3 Å². The average molecular weight is 278 g/mol. The molecule has 0 atom stereocenters. The largest absolute Gasteiger partial charge is 0.392 e. The lowest BCUT2D eigenvalue weighted by molar-refractivity contribution is 0.102. The number of aliphatic hydroxyl groups is 1. The second-order valence-electron chi connectivity index (χ2n) is 4.70. The van der Waals surface area contributed by atoms with E-state index in [2.05, 4.69) is 10.3 Å². The summed E-state index contributed by atoms with van der Waals surface area (Å²) in [6.07, 6.45) is 0. The Labute approximate surface area is 122 Å². The van der Waals surface area contributed by atoms with Gasteiger partial charge in [-0.05, 0) is 29.8 Å². The van der Waals surface area contributed by atoms with Crippen LogP contribution in [-0.2, 0) is 6.61 Å². The molecule has 104 valence electrons. The number of fused-ring (bicyclic) bond motifs is 1. The van der Waals surface area contributed by atoms with Crippen molar-refractivity contribution in [3.8, 4) is 0 Å². The summed E-state index contributed by atoms with van der Waals surface area (Å²) in [5, 5.41) is 12.9. The van der Waals surface area contributed by atoms with Crippen LogP contribution in [0.5, 0.6) is 0 Å². The van der Waals surface area contributed by atoms with Gasteiger partial charge in [0.25, 0.3) is 5.91 Å². The Kier molecular flexibility index (Phi) is 3.62. The van der Waals surface area contributed by atoms with E-state index in [1.807, 2.05) is 30.3 Å². The first-order valence-electron chi connectivity index (χ1n) is 6.63. The van der Waals surface area contributed by atoms with Crippen molar-refractivity contribution in [3.63, 3.8) is 0 Å². The van der Waals surface area contributed by atoms with E-state index in [1.165, 1.54) is 0 Å². The van der Waals surface area contributed by atoms with E-state index in [4.69, 9.17) is 5.11 Å². The Morgan fingerprint density at radius 3 is 2.76 bits per heavy atom. The van der Waals surface area contributed by atoms with Crippen LogP contribution in [0.4, 0.5) is 5.69 Å². The maximum Gasteiger partial charge on any atom is 0.274 e. The summed E-state index contributed by atoms with van der Waals surface area (Å²) in [5.41, 5.74) is 2.54. The molecule has 2 aromatic carbocycles. The molecule has 3 rings (SSSR count). The van der Waals surface area contributed by atoms with Gasteiger partial charge >= 0.3 is 0 Å². The van der Waals surface area contributed by atoms with E-state index < -0.39 is 0 Å². The Hall–Kier alpha value is -2.72. The third kappa shape index (κ3) is 2.90. The zero-order valence-corrected chi connectivity index (χ0v) is 11.3. The molecule has 4 heteroatoms. The molecule has 0 saturated carbocycles. The highest BCUT2D eigenvalue weighted by Crippen LogP contribution is 2.14. The molecule has 1 amide bonds. The summed E-state index contributed by atoms with van der Waals surface area (Å²) in [6.45, 7) is -0.0576. The predicted octanol–water partition coefficient (Wildman–Crippen LogP) is 2.98. The molecule has 0 spiro atoms. The summed E-state index contributed by atoms with van der Waals surface area (Å²) in [5.74, 6) is -0.268. The summed E-state index contributed by atoms with van der Waals surface area (Å²) >= 11 is 0. The fourth-order valence-corrected chi connectivity index (χ4v) is 2.14. The molecule has 3 aromatic rings. The molecule has 0 aliphatic carbocycles. The highest BCUT2D eigenvalue weighted by molar-refractivity contribution is 6.04. The second kappa shape index (κ2) is 5.73. The number of nitrogens with zero attached hydrogens (tertiary/aromatic N) is 1. The lowest BCUT2D eigenvalue weighted by Gasteiger charge is -2.07. The Bertz CT molecular complexity index is 799. The first-order chi connectivity index (χ1) is 10.3. The van der Waals surface area contributed by atoms with Crippen molar-refractivity contribution >= 4 is 22.5 Å². The third-order valence-corrected chi connectivity index (χ3v) is 3.20. The van der Waals surface area contributed by atoms with Crippen molar-refractivity contribution in [1.82, 2.24) is 4.98 Å². The highest BCUT2D eigenvalue weighted by Gasteiger charge is 2.08. The minimum atomic E-state index is -0.268. The molecule has 2 N–H and O–H groups in total. The molecular formula is C17H14N2O2. The number of pyridine rings is 1. The minimum absolute atomic E-state index is 0.0576. The molecule has 0 saturated heterocycles. The molecule has 0 aliphatic heterocycles. The van der Waals surface area contributed by atoms with Gasteiger partial charge < -0.3 is 10.4 Å². The Morgan fingerprint density at radius 2 is 1.90 bits per heavy atom. The van der Waals surface area contributed by atoms with Crippen molar-refractivity contribution in [2.24, 2.45) is 0 Å². The number of aliphatic hydroxyl groups excluding tert-OH is 1. The van der Waals surface area contributed by atoms with Gasteiger partial charge in [0, 0.05) is 11.1 Å². The predicted molar refractivity (Wildman–Crippen MR) is 82.1 cm³/mol. The van der Waals surface area contributed by atoms with Gasteiger partial charge in [-0.15, -0.1) is 0 Å². The number of carbonyl (C=O) groups excluding carboxylic acids is 1. The first-order valence-corrected chi connectivity index (χ1v) is 6.63. The van der Waals surface area contributed by atoms with Crippen molar-refractivity contribution in [2.45, 2.75) is 6.61 Å². The minimum Gasteiger partial charge on any atom is -0.392 e. The standard InChI is InChI=1S/C17H14N2O2/c20-11-12-4-3-6-14(10-12)18-17(21)16-9-8-13-5-1-2-7-15(13)19-16/h1-10,20H,11H2,(H,18,21).